The summed E-state index contributed by atoms with van der Waals surface area (Å²) in [7, 11) is 1.55. The number of para-hydroxylation sites is 2. The number of fused-ring (bicyclic) bond motifs is 1. The molecule has 3 rings (SSSR count). The van der Waals surface area contributed by atoms with Crippen molar-refractivity contribution in [1.29, 1.82) is 0 Å². The molecule has 21 heavy (non-hydrogen) atoms. The topological polar surface area (TPSA) is 44.1 Å². The number of methoxy groups -OCH3 is 1. The lowest BCUT2D eigenvalue weighted by molar-refractivity contribution is 0.412. The lowest BCUT2D eigenvalue weighted by atomic mass is 10.1. The minimum absolute atomic E-state index is 0.112. The second kappa shape index (κ2) is 5.22. The maximum atomic E-state index is 12.8. The first kappa shape index (κ1) is 13.6. The maximum Gasteiger partial charge on any atom is 0.267 e. The Hall–Kier alpha value is -2.33. The van der Waals surface area contributed by atoms with Crippen LogP contribution in [0.15, 0.2) is 47.3 Å². The van der Waals surface area contributed by atoms with Crippen LogP contribution in [0.1, 0.15) is 5.56 Å². The first-order chi connectivity index (χ1) is 10.1. The summed E-state index contributed by atoms with van der Waals surface area (Å²) in [6.45, 7) is 1.93. The third-order valence-corrected chi connectivity index (χ3v) is 3.56. The average Bonchev–Trinajstić information content (AvgIpc) is 2.49. The van der Waals surface area contributed by atoms with Gasteiger partial charge in [-0.2, -0.15) is 0 Å². The Bertz CT molecular complexity index is 887. The van der Waals surface area contributed by atoms with Crippen molar-refractivity contribution in [3.8, 4) is 11.4 Å². The van der Waals surface area contributed by atoms with Gasteiger partial charge >= 0.3 is 0 Å². The van der Waals surface area contributed by atoms with Crippen molar-refractivity contribution in [2.24, 2.45) is 0 Å². The number of hydrogen-bond acceptors (Lipinski definition) is 3. The highest BCUT2D eigenvalue weighted by molar-refractivity contribution is 6.29. The molecular weight excluding hydrogens is 288 g/mol. The molecular formula is C16H13ClN2O2. The van der Waals surface area contributed by atoms with Gasteiger partial charge in [-0.3, -0.25) is 4.79 Å². The summed E-state index contributed by atoms with van der Waals surface area (Å²) < 4.78 is 6.66. The molecule has 0 atom stereocenters. The maximum absolute atomic E-state index is 12.8. The van der Waals surface area contributed by atoms with Gasteiger partial charge in [-0.05, 0) is 42.8 Å². The summed E-state index contributed by atoms with van der Waals surface area (Å²) >= 11 is 6.21. The zero-order valence-corrected chi connectivity index (χ0v) is 12.4. The van der Waals surface area contributed by atoms with Gasteiger partial charge in [-0.15, -0.1) is 0 Å². The molecule has 1 heterocycles. The normalized spacial score (nSPS) is 10.8. The van der Waals surface area contributed by atoms with E-state index in [0.29, 0.717) is 22.3 Å². The molecule has 0 aliphatic heterocycles. The molecule has 4 nitrogen and oxygen atoms in total. The Labute approximate surface area is 126 Å². The number of ether oxygens (including phenoxy) is 1. The number of aryl methyl sites for hydroxylation is 1. The van der Waals surface area contributed by atoms with E-state index in [9.17, 15) is 4.79 Å². The minimum Gasteiger partial charge on any atom is -0.495 e. The molecule has 2 aromatic carbocycles. The molecule has 5 heteroatoms. The second-order valence-electron chi connectivity index (χ2n) is 4.71. The summed E-state index contributed by atoms with van der Waals surface area (Å²) in [5, 5.41) is 0.645. The number of rotatable bonds is 2. The Kier molecular flexibility index (Phi) is 3.39. The van der Waals surface area contributed by atoms with Crippen LogP contribution in [0, 0.1) is 6.92 Å². The molecule has 3 aromatic rings. The predicted molar refractivity (Wildman–Crippen MR) is 83.6 cm³/mol. The summed E-state index contributed by atoms with van der Waals surface area (Å²) in [5.74, 6) is 0.565. The fraction of sp³-hybridized carbons (Fsp3) is 0.125. The van der Waals surface area contributed by atoms with Crippen molar-refractivity contribution in [3.05, 3.63) is 63.7 Å². The molecule has 0 saturated heterocycles. The van der Waals surface area contributed by atoms with Gasteiger partial charge in [0.25, 0.3) is 5.56 Å². The Morgan fingerprint density at radius 1 is 1.19 bits per heavy atom. The quantitative estimate of drug-likeness (QED) is 0.682. The average molecular weight is 301 g/mol. The highest BCUT2D eigenvalue weighted by Gasteiger charge is 2.14. The number of aromatic nitrogens is 2. The van der Waals surface area contributed by atoms with E-state index in [0.717, 1.165) is 5.56 Å². The largest absolute Gasteiger partial charge is 0.495 e. The molecule has 106 valence electrons. The Balaban J connectivity index is 2.40. The number of hydrogen-bond donors (Lipinski definition) is 0. The molecule has 1 aromatic heterocycles. The van der Waals surface area contributed by atoms with E-state index >= 15 is 0 Å². The fourth-order valence-corrected chi connectivity index (χ4v) is 2.55. The lowest BCUT2D eigenvalue weighted by Crippen LogP contribution is -2.21. The van der Waals surface area contributed by atoms with Crippen molar-refractivity contribution in [2.45, 2.75) is 6.92 Å². The van der Waals surface area contributed by atoms with E-state index in [1.54, 1.807) is 25.3 Å². The first-order valence-corrected chi connectivity index (χ1v) is 6.82. The van der Waals surface area contributed by atoms with E-state index in [2.05, 4.69) is 4.98 Å². The molecule has 0 radical (unpaired) electrons. The van der Waals surface area contributed by atoms with Crippen LogP contribution < -0.4 is 10.3 Å². The molecule has 0 saturated carbocycles. The first-order valence-electron chi connectivity index (χ1n) is 6.44. The number of nitrogens with zero attached hydrogens (tertiary/aromatic N) is 2. The van der Waals surface area contributed by atoms with Gasteiger partial charge in [-0.25, -0.2) is 9.55 Å². The predicted octanol–water partition coefficient (Wildman–Crippen LogP) is 3.36. The van der Waals surface area contributed by atoms with E-state index in [1.807, 2.05) is 31.2 Å². The molecule has 0 N–H and O–H groups in total. The van der Waals surface area contributed by atoms with Gasteiger partial charge in [0.1, 0.15) is 5.75 Å². The SMILES string of the molecule is COc1ccccc1-n1c(Cl)nc2ccc(C)cc2c1=O. The summed E-state index contributed by atoms with van der Waals surface area (Å²) in [4.78, 5) is 17.1. The smallest absolute Gasteiger partial charge is 0.267 e. The zero-order valence-electron chi connectivity index (χ0n) is 11.6. The third kappa shape index (κ3) is 2.28. The molecule has 0 unspecified atom stereocenters. The number of halogens is 1. The fourth-order valence-electron chi connectivity index (χ4n) is 2.30. The highest BCUT2D eigenvalue weighted by Crippen LogP contribution is 2.24. The van der Waals surface area contributed by atoms with Crippen molar-refractivity contribution >= 4 is 22.5 Å². The van der Waals surface area contributed by atoms with Crippen LogP contribution in [0.3, 0.4) is 0 Å². The van der Waals surface area contributed by atoms with Gasteiger partial charge in [0.05, 0.1) is 23.7 Å². The van der Waals surface area contributed by atoms with Crippen LogP contribution in [0.5, 0.6) is 5.75 Å². The summed E-state index contributed by atoms with van der Waals surface area (Å²) in [6, 6.07) is 12.7. The van der Waals surface area contributed by atoms with Crippen molar-refractivity contribution in [2.75, 3.05) is 7.11 Å². The third-order valence-electron chi connectivity index (χ3n) is 3.31. The van der Waals surface area contributed by atoms with Crippen molar-refractivity contribution < 1.29 is 4.74 Å². The van der Waals surface area contributed by atoms with Gasteiger partial charge in [-0.1, -0.05) is 23.8 Å². The Morgan fingerprint density at radius 3 is 2.71 bits per heavy atom. The zero-order chi connectivity index (χ0) is 15.0. The minimum atomic E-state index is -0.210. The lowest BCUT2D eigenvalue weighted by Gasteiger charge is -2.13. The van der Waals surface area contributed by atoms with Crippen molar-refractivity contribution in [3.63, 3.8) is 0 Å². The van der Waals surface area contributed by atoms with Crippen LogP contribution in [-0.2, 0) is 0 Å². The van der Waals surface area contributed by atoms with Crippen LogP contribution in [0.25, 0.3) is 16.6 Å². The number of benzene rings is 2. The molecule has 0 amide bonds. The van der Waals surface area contributed by atoms with Gasteiger partial charge in [0, 0.05) is 0 Å². The van der Waals surface area contributed by atoms with Crippen LogP contribution >= 0.6 is 11.6 Å². The summed E-state index contributed by atoms with van der Waals surface area (Å²) in [5.41, 5.74) is 1.95. The van der Waals surface area contributed by atoms with Crippen LogP contribution in [-0.4, -0.2) is 16.7 Å². The molecule has 0 bridgehead atoms. The van der Waals surface area contributed by atoms with Crippen LogP contribution in [0.2, 0.25) is 5.28 Å². The highest BCUT2D eigenvalue weighted by atomic mass is 35.5. The van der Waals surface area contributed by atoms with E-state index in [4.69, 9.17) is 16.3 Å². The second-order valence-corrected chi connectivity index (χ2v) is 5.05. The summed E-state index contributed by atoms with van der Waals surface area (Å²) in [6.07, 6.45) is 0. The Morgan fingerprint density at radius 2 is 1.95 bits per heavy atom. The van der Waals surface area contributed by atoms with Crippen molar-refractivity contribution in [1.82, 2.24) is 9.55 Å². The van der Waals surface area contributed by atoms with E-state index < -0.39 is 0 Å². The van der Waals surface area contributed by atoms with E-state index in [1.165, 1.54) is 4.57 Å². The molecule has 0 fully saturated rings. The monoisotopic (exact) mass is 300 g/mol. The van der Waals surface area contributed by atoms with Crippen LogP contribution in [0.4, 0.5) is 0 Å². The molecule has 0 spiro atoms. The van der Waals surface area contributed by atoms with Gasteiger partial charge in [0.2, 0.25) is 5.28 Å². The standard InChI is InChI=1S/C16H13ClN2O2/c1-10-7-8-12-11(9-10)15(20)19(16(17)18-12)13-5-3-4-6-14(13)21-2/h3-9H,1-2H3. The van der Waals surface area contributed by atoms with E-state index in [-0.39, 0.29) is 10.8 Å². The molecule has 0 aliphatic rings. The van der Waals surface area contributed by atoms with Gasteiger partial charge in [0.15, 0.2) is 0 Å². The van der Waals surface area contributed by atoms with Gasteiger partial charge < -0.3 is 4.74 Å². The molecule has 0 aliphatic carbocycles.